The largest absolute Gasteiger partial charge is 0.484 e. The molecule has 8 nitrogen and oxygen atoms in total. The van der Waals surface area contributed by atoms with Gasteiger partial charge in [0.15, 0.2) is 4.80 Å². The zero-order valence-corrected chi connectivity index (χ0v) is 22.5. The van der Waals surface area contributed by atoms with Crippen LogP contribution in [0.3, 0.4) is 0 Å². The van der Waals surface area contributed by atoms with Crippen LogP contribution in [0.2, 0.25) is 10.0 Å². The van der Waals surface area contributed by atoms with Gasteiger partial charge < -0.3 is 18.6 Å². The zero-order valence-electron chi connectivity index (χ0n) is 20.1. The van der Waals surface area contributed by atoms with Crippen LogP contribution >= 0.6 is 34.5 Å². The number of benzene rings is 2. The van der Waals surface area contributed by atoms with Crippen LogP contribution in [-0.2, 0) is 16.1 Å². The second kappa shape index (κ2) is 9.34. The molecule has 11 heteroatoms. The Balaban J connectivity index is 1.38. The number of ether oxygens (including phenoxy) is 3. The highest BCUT2D eigenvalue weighted by Crippen LogP contribution is 2.47. The van der Waals surface area contributed by atoms with E-state index in [4.69, 9.17) is 46.8 Å². The molecule has 2 bridgehead atoms. The van der Waals surface area contributed by atoms with Gasteiger partial charge in [-0.15, -0.1) is 0 Å². The molecule has 2 aliphatic heterocycles. The van der Waals surface area contributed by atoms with Crippen LogP contribution in [-0.4, -0.2) is 23.4 Å². The molecule has 194 valence electrons. The lowest BCUT2D eigenvalue weighted by molar-refractivity contribution is -0.158. The number of aromatic nitrogens is 1. The van der Waals surface area contributed by atoms with Crippen molar-refractivity contribution in [1.29, 1.82) is 0 Å². The molecular formula is C27H20Cl2N2O6S. The number of carbonyl (C=O) groups is 1. The molecule has 4 heterocycles. The second-order valence-electron chi connectivity index (χ2n) is 8.97. The van der Waals surface area contributed by atoms with E-state index >= 15 is 0 Å². The van der Waals surface area contributed by atoms with E-state index in [0.717, 1.165) is 5.56 Å². The second-order valence-corrected chi connectivity index (χ2v) is 10.8. The topological polar surface area (TPSA) is 92.3 Å². The minimum Gasteiger partial charge on any atom is -0.484 e. The Morgan fingerprint density at radius 1 is 1.18 bits per heavy atom. The van der Waals surface area contributed by atoms with E-state index in [1.165, 1.54) is 18.4 Å². The highest BCUT2D eigenvalue weighted by molar-refractivity contribution is 7.07. The molecular weight excluding hydrogens is 551 g/mol. The van der Waals surface area contributed by atoms with Gasteiger partial charge in [-0.1, -0.05) is 58.8 Å². The van der Waals surface area contributed by atoms with Gasteiger partial charge >= 0.3 is 5.97 Å². The summed E-state index contributed by atoms with van der Waals surface area (Å²) in [5.74, 6) is 0.686. The Bertz CT molecular complexity index is 1760. The molecule has 6 rings (SSSR count). The van der Waals surface area contributed by atoms with E-state index in [1.54, 1.807) is 47.9 Å². The molecule has 38 heavy (non-hydrogen) atoms. The zero-order chi connectivity index (χ0) is 26.6. The van der Waals surface area contributed by atoms with Crippen LogP contribution in [0.25, 0.3) is 6.08 Å². The number of nitrogens with zero attached hydrogens (tertiary/aromatic N) is 2. The number of furan rings is 1. The molecule has 0 N–H and O–H groups in total. The predicted molar refractivity (Wildman–Crippen MR) is 142 cm³/mol. The summed E-state index contributed by atoms with van der Waals surface area (Å²) in [6, 6.07) is 15.3. The summed E-state index contributed by atoms with van der Waals surface area (Å²) in [6.07, 6.45) is 1.65. The van der Waals surface area contributed by atoms with E-state index in [-0.39, 0.29) is 12.2 Å². The molecule has 0 saturated carbocycles. The van der Waals surface area contributed by atoms with Crippen molar-refractivity contribution in [2.45, 2.75) is 25.3 Å². The number of esters is 1. The van der Waals surface area contributed by atoms with Gasteiger partial charge in [-0.05, 0) is 37.3 Å². The molecule has 0 aliphatic carbocycles. The molecule has 3 atom stereocenters. The predicted octanol–water partition coefficient (Wildman–Crippen LogP) is 4.34. The first-order chi connectivity index (χ1) is 18.3. The van der Waals surface area contributed by atoms with Gasteiger partial charge in [0.2, 0.25) is 5.72 Å². The molecule has 0 spiro atoms. The smallest absolute Gasteiger partial charge is 0.317 e. The van der Waals surface area contributed by atoms with Gasteiger partial charge in [0.1, 0.15) is 40.6 Å². The summed E-state index contributed by atoms with van der Waals surface area (Å²) in [4.78, 5) is 31.7. The Labute approximate surface area is 230 Å². The normalized spacial score (nSPS) is 21.6. The van der Waals surface area contributed by atoms with Crippen LogP contribution in [0.4, 0.5) is 0 Å². The van der Waals surface area contributed by atoms with Gasteiger partial charge in [0.25, 0.3) is 5.56 Å². The third-order valence-electron chi connectivity index (χ3n) is 6.58. The summed E-state index contributed by atoms with van der Waals surface area (Å²) in [5.41, 5.74) is -0.788. The molecule has 0 saturated heterocycles. The van der Waals surface area contributed by atoms with Crippen LogP contribution in [0.15, 0.2) is 68.8 Å². The lowest BCUT2D eigenvalue weighted by Crippen LogP contribution is -2.58. The van der Waals surface area contributed by atoms with Crippen molar-refractivity contribution < 1.29 is 23.4 Å². The standard InChI is InChI=1S/C27H20Cl2N2O6S/c1-27-21(25(33)34-2)23(16-6-3-4-8-18(16)37-27)31-24(32)20(38-26(31)30-27)12-14-10-11-15(36-14)13-35-19-9-5-7-17(28)22(19)29/h3-12,21,23H,13H2,1-2H3/b20-12+/t21-,23+,27+/m0/s1. The fourth-order valence-corrected chi connectivity index (χ4v) is 6.28. The quantitative estimate of drug-likeness (QED) is 0.331. The molecule has 0 radical (unpaired) electrons. The summed E-state index contributed by atoms with van der Waals surface area (Å²) in [7, 11) is 1.32. The highest BCUT2D eigenvalue weighted by Gasteiger charge is 2.55. The highest BCUT2D eigenvalue weighted by atomic mass is 35.5. The molecule has 2 aromatic heterocycles. The van der Waals surface area contributed by atoms with Gasteiger partial charge in [-0.3, -0.25) is 14.2 Å². The number of para-hydroxylation sites is 1. The summed E-state index contributed by atoms with van der Waals surface area (Å²) < 4.78 is 24.9. The summed E-state index contributed by atoms with van der Waals surface area (Å²) in [5, 5.41) is 0.717. The molecule has 0 unspecified atom stereocenters. The Morgan fingerprint density at radius 2 is 2.00 bits per heavy atom. The first-order valence-electron chi connectivity index (χ1n) is 11.6. The first kappa shape index (κ1) is 24.8. The van der Waals surface area contributed by atoms with Crippen molar-refractivity contribution >= 4 is 46.6 Å². The SMILES string of the molecule is COC(=O)[C@@H]1[C@H]2c3ccccc3O[C@@]1(C)N=c1s/c(=C/c3ccc(COc4cccc(Cl)c4Cl)o3)c(=O)n12. The molecule has 0 amide bonds. The van der Waals surface area contributed by atoms with Crippen LogP contribution in [0, 0.1) is 5.92 Å². The number of hydrogen-bond acceptors (Lipinski definition) is 8. The third-order valence-corrected chi connectivity index (χ3v) is 8.36. The van der Waals surface area contributed by atoms with Crippen LogP contribution in [0.5, 0.6) is 11.5 Å². The van der Waals surface area contributed by atoms with E-state index in [2.05, 4.69) is 0 Å². The monoisotopic (exact) mass is 570 g/mol. The Morgan fingerprint density at radius 3 is 2.82 bits per heavy atom. The number of rotatable bonds is 5. The van der Waals surface area contributed by atoms with Crippen LogP contribution < -0.4 is 24.4 Å². The van der Waals surface area contributed by atoms with E-state index in [9.17, 15) is 9.59 Å². The maximum absolute atomic E-state index is 13.7. The number of thiazole rings is 1. The van der Waals surface area contributed by atoms with Crippen LogP contribution in [0.1, 0.15) is 30.0 Å². The van der Waals surface area contributed by atoms with Gasteiger partial charge in [0, 0.05) is 11.6 Å². The molecule has 2 aromatic carbocycles. The number of carbonyl (C=O) groups excluding carboxylic acids is 1. The lowest BCUT2D eigenvalue weighted by atomic mass is 9.81. The number of methoxy groups -OCH3 is 1. The third kappa shape index (κ3) is 4.02. The van der Waals surface area contributed by atoms with Crippen molar-refractivity contribution in [1.82, 2.24) is 4.57 Å². The van der Waals surface area contributed by atoms with Gasteiger partial charge in [-0.25, -0.2) is 4.99 Å². The van der Waals surface area contributed by atoms with Crippen molar-refractivity contribution in [3.8, 4) is 11.5 Å². The minimum absolute atomic E-state index is 0.124. The van der Waals surface area contributed by atoms with Crippen molar-refractivity contribution in [3.05, 3.63) is 101 Å². The van der Waals surface area contributed by atoms with Crippen molar-refractivity contribution in [2.75, 3.05) is 7.11 Å². The van der Waals surface area contributed by atoms with Gasteiger partial charge in [-0.2, -0.15) is 0 Å². The maximum atomic E-state index is 13.7. The minimum atomic E-state index is -1.22. The van der Waals surface area contributed by atoms with Gasteiger partial charge in [0.05, 0.1) is 22.7 Å². The summed E-state index contributed by atoms with van der Waals surface area (Å²) in [6.45, 7) is 1.86. The molecule has 0 fully saturated rings. The maximum Gasteiger partial charge on any atom is 0.317 e. The molecule has 4 aromatic rings. The van der Waals surface area contributed by atoms with Crippen molar-refractivity contribution in [2.24, 2.45) is 10.9 Å². The van der Waals surface area contributed by atoms with E-state index < -0.39 is 23.7 Å². The lowest BCUT2D eigenvalue weighted by Gasteiger charge is -2.44. The number of fused-ring (bicyclic) bond motifs is 6. The van der Waals surface area contributed by atoms with Crippen molar-refractivity contribution in [3.63, 3.8) is 0 Å². The fourth-order valence-electron chi connectivity index (χ4n) is 4.85. The average Bonchev–Trinajstić information content (AvgIpc) is 3.47. The Kier molecular flexibility index (Phi) is 6.09. The summed E-state index contributed by atoms with van der Waals surface area (Å²) >= 11 is 13.4. The number of halogens is 2. The molecule has 2 aliphatic rings. The van der Waals surface area contributed by atoms with E-state index in [1.807, 2.05) is 24.3 Å². The van der Waals surface area contributed by atoms with E-state index in [0.29, 0.717) is 42.4 Å². The fraction of sp³-hybridized carbons (Fsp3) is 0.222. The Hall–Kier alpha value is -3.53. The first-order valence-corrected chi connectivity index (χ1v) is 13.2. The average molecular weight is 571 g/mol. The number of hydrogen-bond donors (Lipinski definition) is 0.